The number of aromatic nitrogens is 1. The topological polar surface area (TPSA) is 37.0 Å². The Morgan fingerprint density at radius 1 is 1.33 bits per heavy atom. The Kier molecular flexibility index (Phi) is 3.66. The molecule has 3 nitrogen and oxygen atoms in total. The van der Waals surface area contributed by atoms with Crippen LogP contribution in [0.1, 0.15) is 36.6 Å². The Labute approximate surface area is 130 Å². The molecule has 3 heterocycles. The molecule has 4 heteroatoms. The molecular formula is C17H21ClN2O. The average molecular weight is 305 g/mol. The molecule has 1 aromatic heterocycles. The third-order valence-corrected chi connectivity index (χ3v) is 5.07. The number of halogens is 1. The van der Waals surface area contributed by atoms with Gasteiger partial charge in [-0.05, 0) is 61.9 Å². The van der Waals surface area contributed by atoms with Crippen LogP contribution in [0.25, 0.3) is 10.9 Å². The van der Waals surface area contributed by atoms with E-state index < -0.39 is 0 Å². The van der Waals surface area contributed by atoms with Crippen LogP contribution >= 0.6 is 11.6 Å². The minimum atomic E-state index is 0.423. The zero-order valence-electron chi connectivity index (χ0n) is 12.1. The van der Waals surface area contributed by atoms with Crippen molar-refractivity contribution in [3.8, 4) is 0 Å². The Morgan fingerprint density at radius 3 is 3.14 bits per heavy atom. The van der Waals surface area contributed by atoms with Crippen molar-refractivity contribution >= 4 is 22.5 Å². The number of fused-ring (bicyclic) bond motifs is 3. The van der Waals surface area contributed by atoms with Gasteiger partial charge in [-0.3, -0.25) is 0 Å². The van der Waals surface area contributed by atoms with Gasteiger partial charge in [-0.25, -0.2) is 0 Å². The van der Waals surface area contributed by atoms with E-state index in [1.165, 1.54) is 35.0 Å². The van der Waals surface area contributed by atoms with Crippen molar-refractivity contribution in [1.82, 2.24) is 10.3 Å². The number of hydrogen-bond donors (Lipinski definition) is 2. The van der Waals surface area contributed by atoms with Crippen LogP contribution in [0.5, 0.6) is 0 Å². The molecule has 21 heavy (non-hydrogen) atoms. The molecule has 1 fully saturated rings. The molecule has 0 amide bonds. The molecule has 1 aromatic carbocycles. The highest BCUT2D eigenvalue weighted by Crippen LogP contribution is 2.35. The van der Waals surface area contributed by atoms with E-state index in [1.54, 1.807) is 0 Å². The van der Waals surface area contributed by atoms with Gasteiger partial charge in [0, 0.05) is 40.9 Å². The van der Waals surface area contributed by atoms with Crippen LogP contribution in [0.3, 0.4) is 0 Å². The lowest BCUT2D eigenvalue weighted by Crippen LogP contribution is -2.32. The fourth-order valence-electron chi connectivity index (χ4n) is 3.81. The van der Waals surface area contributed by atoms with E-state index in [2.05, 4.69) is 22.4 Å². The molecular weight excluding hydrogens is 284 g/mol. The SMILES string of the molecule is Clc1ccc2[nH]c3c(c2c1)CCN[C@H]3C[C@@H]1CCCOC1. The Balaban J connectivity index is 1.65. The zero-order valence-corrected chi connectivity index (χ0v) is 12.9. The van der Waals surface area contributed by atoms with E-state index >= 15 is 0 Å². The molecule has 2 aromatic rings. The first-order valence-corrected chi connectivity index (χ1v) is 8.30. The van der Waals surface area contributed by atoms with E-state index in [-0.39, 0.29) is 0 Å². The highest BCUT2D eigenvalue weighted by atomic mass is 35.5. The van der Waals surface area contributed by atoms with Gasteiger partial charge in [-0.15, -0.1) is 0 Å². The predicted molar refractivity (Wildman–Crippen MR) is 85.9 cm³/mol. The van der Waals surface area contributed by atoms with Crippen LogP contribution in [-0.2, 0) is 11.2 Å². The Hall–Kier alpha value is -1.03. The van der Waals surface area contributed by atoms with Gasteiger partial charge in [0.1, 0.15) is 0 Å². The van der Waals surface area contributed by atoms with Crippen LogP contribution in [0.15, 0.2) is 18.2 Å². The molecule has 0 unspecified atom stereocenters. The summed E-state index contributed by atoms with van der Waals surface area (Å²) in [6, 6.07) is 6.57. The van der Waals surface area contributed by atoms with E-state index in [4.69, 9.17) is 16.3 Å². The third-order valence-electron chi connectivity index (χ3n) is 4.84. The molecule has 0 spiro atoms. The number of H-pyrrole nitrogens is 1. The van der Waals surface area contributed by atoms with Crippen LogP contribution in [0.4, 0.5) is 0 Å². The second-order valence-electron chi connectivity index (χ2n) is 6.28. The fourth-order valence-corrected chi connectivity index (χ4v) is 3.98. The summed E-state index contributed by atoms with van der Waals surface area (Å²) in [5.41, 5.74) is 4.02. The van der Waals surface area contributed by atoms with E-state index in [0.29, 0.717) is 12.0 Å². The number of rotatable bonds is 2. The molecule has 1 saturated heterocycles. The number of hydrogen-bond acceptors (Lipinski definition) is 2. The Morgan fingerprint density at radius 2 is 2.29 bits per heavy atom. The highest BCUT2D eigenvalue weighted by molar-refractivity contribution is 6.31. The summed E-state index contributed by atoms with van der Waals surface area (Å²) in [6.45, 7) is 2.90. The third kappa shape index (κ3) is 2.59. The van der Waals surface area contributed by atoms with Gasteiger partial charge in [0.25, 0.3) is 0 Å². The van der Waals surface area contributed by atoms with E-state index in [9.17, 15) is 0 Å². The maximum atomic E-state index is 6.16. The lowest BCUT2D eigenvalue weighted by molar-refractivity contribution is 0.0470. The van der Waals surface area contributed by atoms with Gasteiger partial charge in [0.05, 0.1) is 0 Å². The van der Waals surface area contributed by atoms with Gasteiger partial charge in [-0.1, -0.05) is 11.6 Å². The van der Waals surface area contributed by atoms with Crippen molar-refractivity contribution in [2.45, 2.75) is 31.7 Å². The van der Waals surface area contributed by atoms with E-state index in [0.717, 1.165) is 37.6 Å². The van der Waals surface area contributed by atoms with Crippen molar-refractivity contribution in [3.63, 3.8) is 0 Å². The number of aromatic amines is 1. The Bertz CT molecular complexity index is 646. The largest absolute Gasteiger partial charge is 0.381 e. The van der Waals surface area contributed by atoms with Crippen molar-refractivity contribution < 1.29 is 4.74 Å². The molecule has 2 aliphatic rings. The first-order chi connectivity index (χ1) is 10.3. The normalized spacial score (nSPS) is 26.0. The molecule has 112 valence electrons. The van der Waals surface area contributed by atoms with Crippen LogP contribution < -0.4 is 5.32 Å². The average Bonchev–Trinajstić information content (AvgIpc) is 2.88. The molecule has 0 bridgehead atoms. The lowest BCUT2D eigenvalue weighted by atomic mass is 9.89. The quantitative estimate of drug-likeness (QED) is 0.885. The van der Waals surface area contributed by atoms with Gasteiger partial charge in [0.2, 0.25) is 0 Å². The van der Waals surface area contributed by atoms with Gasteiger partial charge in [-0.2, -0.15) is 0 Å². The minimum absolute atomic E-state index is 0.423. The van der Waals surface area contributed by atoms with Crippen molar-refractivity contribution in [2.75, 3.05) is 19.8 Å². The van der Waals surface area contributed by atoms with Crippen molar-refractivity contribution in [2.24, 2.45) is 5.92 Å². The maximum Gasteiger partial charge on any atom is 0.0494 e. The highest BCUT2D eigenvalue weighted by Gasteiger charge is 2.27. The molecule has 2 N–H and O–H groups in total. The fraction of sp³-hybridized carbons (Fsp3) is 0.529. The summed E-state index contributed by atoms with van der Waals surface area (Å²) in [5, 5.41) is 5.79. The first kappa shape index (κ1) is 13.6. The second kappa shape index (κ2) is 5.64. The predicted octanol–water partition coefficient (Wildman–Crippen LogP) is 3.82. The number of benzene rings is 1. The molecule has 0 saturated carbocycles. The summed E-state index contributed by atoms with van der Waals surface area (Å²) >= 11 is 6.16. The van der Waals surface area contributed by atoms with Gasteiger partial charge >= 0.3 is 0 Å². The van der Waals surface area contributed by atoms with E-state index in [1.807, 2.05) is 6.07 Å². The van der Waals surface area contributed by atoms with Gasteiger partial charge < -0.3 is 15.0 Å². The monoisotopic (exact) mass is 304 g/mol. The summed E-state index contributed by atoms with van der Waals surface area (Å²) in [6.07, 6.45) is 4.73. The molecule has 2 atom stereocenters. The molecule has 4 rings (SSSR count). The smallest absolute Gasteiger partial charge is 0.0494 e. The van der Waals surface area contributed by atoms with Crippen molar-refractivity contribution in [1.29, 1.82) is 0 Å². The summed E-state index contributed by atoms with van der Waals surface area (Å²) in [7, 11) is 0. The molecule has 0 aliphatic carbocycles. The summed E-state index contributed by atoms with van der Waals surface area (Å²) < 4.78 is 5.63. The molecule has 2 aliphatic heterocycles. The molecule has 0 radical (unpaired) electrons. The minimum Gasteiger partial charge on any atom is -0.381 e. The first-order valence-electron chi connectivity index (χ1n) is 7.92. The number of nitrogens with one attached hydrogen (secondary N) is 2. The van der Waals surface area contributed by atoms with Crippen LogP contribution in [0, 0.1) is 5.92 Å². The lowest BCUT2D eigenvalue weighted by Gasteiger charge is -2.30. The zero-order chi connectivity index (χ0) is 14.2. The summed E-state index contributed by atoms with van der Waals surface area (Å²) in [5.74, 6) is 0.678. The van der Waals surface area contributed by atoms with Crippen molar-refractivity contribution in [3.05, 3.63) is 34.5 Å². The van der Waals surface area contributed by atoms with Crippen LogP contribution in [0.2, 0.25) is 5.02 Å². The second-order valence-corrected chi connectivity index (χ2v) is 6.72. The standard InChI is InChI=1S/C17H21ClN2O/c18-12-3-4-15-14(9-12)13-5-6-19-16(17(13)20-15)8-11-2-1-7-21-10-11/h3-4,9,11,16,19-20H,1-2,5-8,10H2/t11-,16-/m0/s1. The van der Waals surface area contributed by atoms with Gasteiger partial charge in [0.15, 0.2) is 0 Å². The number of ether oxygens (including phenoxy) is 1. The van der Waals surface area contributed by atoms with Crippen LogP contribution in [-0.4, -0.2) is 24.7 Å². The maximum absolute atomic E-state index is 6.16. The summed E-state index contributed by atoms with van der Waals surface area (Å²) in [4.78, 5) is 3.62.